The van der Waals surface area contributed by atoms with Gasteiger partial charge in [0.25, 0.3) is 5.91 Å². The van der Waals surface area contributed by atoms with Gasteiger partial charge in [-0.15, -0.1) is 0 Å². The number of piperidine rings is 1. The summed E-state index contributed by atoms with van der Waals surface area (Å²) in [6, 6.07) is 1.00. The minimum absolute atomic E-state index is 0.0314. The third-order valence-corrected chi connectivity index (χ3v) is 3.62. The lowest BCUT2D eigenvalue weighted by Crippen LogP contribution is -2.45. The van der Waals surface area contributed by atoms with E-state index in [1.807, 2.05) is 0 Å². The number of ether oxygens (including phenoxy) is 1. The van der Waals surface area contributed by atoms with Crippen molar-refractivity contribution in [1.29, 1.82) is 0 Å². The van der Waals surface area contributed by atoms with Gasteiger partial charge in [0, 0.05) is 18.8 Å². The number of alkyl halides is 2. The molecule has 122 valence electrons. The minimum Gasteiger partial charge on any atom is -0.466 e. The highest BCUT2D eigenvalue weighted by Gasteiger charge is 2.30. The number of hydrogen-bond acceptors (Lipinski definition) is 4. The van der Waals surface area contributed by atoms with Crippen LogP contribution < -0.4 is 0 Å². The number of nitrogens with zero attached hydrogens (tertiary/aromatic N) is 3. The third-order valence-electron chi connectivity index (χ3n) is 3.62. The number of aromatic nitrogens is 2. The van der Waals surface area contributed by atoms with E-state index in [0.29, 0.717) is 17.6 Å². The lowest BCUT2D eigenvalue weighted by atomic mass is 9.99. The Balaban J connectivity index is 2.08. The van der Waals surface area contributed by atoms with Gasteiger partial charge >= 0.3 is 12.5 Å². The van der Waals surface area contributed by atoms with Crippen LogP contribution in [-0.4, -0.2) is 45.8 Å². The van der Waals surface area contributed by atoms with Gasteiger partial charge in [0.2, 0.25) is 0 Å². The summed E-state index contributed by atoms with van der Waals surface area (Å²) in [4.78, 5) is 25.6. The van der Waals surface area contributed by atoms with E-state index in [1.54, 1.807) is 11.8 Å². The molecule has 0 N–H and O–H groups in total. The molecule has 1 aliphatic rings. The van der Waals surface area contributed by atoms with Crippen LogP contribution in [0.3, 0.4) is 0 Å². The highest BCUT2D eigenvalue weighted by molar-refractivity contribution is 5.92. The maximum absolute atomic E-state index is 12.5. The maximum atomic E-state index is 12.5. The highest BCUT2D eigenvalue weighted by Crippen LogP contribution is 2.22. The fraction of sp³-hybridized carbons (Fsp3) is 0.643. The quantitative estimate of drug-likeness (QED) is 0.782. The van der Waals surface area contributed by atoms with Gasteiger partial charge in [-0.2, -0.15) is 13.9 Å². The van der Waals surface area contributed by atoms with Gasteiger partial charge in [0.15, 0.2) is 5.69 Å². The van der Waals surface area contributed by atoms with E-state index in [2.05, 4.69) is 5.10 Å². The summed E-state index contributed by atoms with van der Waals surface area (Å²) in [6.45, 7) is -0.278. The normalized spacial score (nSPS) is 18.5. The van der Waals surface area contributed by atoms with Crippen LogP contribution in [0.4, 0.5) is 8.78 Å². The van der Waals surface area contributed by atoms with Crippen LogP contribution in [0.25, 0.3) is 0 Å². The van der Waals surface area contributed by atoms with Crippen molar-refractivity contribution in [3.05, 3.63) is 18.0 Å². The van der Waals surface area contributed by atoms with E-state index >= 15 is 0 Å². The third kappa shape index (κ3) is 3.80. The number of carbonyl (C=O) groups is 2. The molecule has 8 heteroatoms. The number of carbonyl (C=O) groups excluding carboxylic acids is 2. The van der Waals surface area contributed by atoms with Crippen LogP contribution in [0.2, 0.25) is 0 Å². The van der Waals surface area contributed by atoms with Crippen molar-refractivity contribution in [3.8, 4) is 0 Å². The van der Waals surface area contributed by atoms with Gasteiger partial charge in [0.05, 0.1) is 13.0 Å². The van der Waals surface area contributed by atoms with Gasteiger partial charge in [-0.3, -0.25) is 9.59 Å². The Bertz CT molecular complexity index is 533. The summed E-state index contributed by atoms with van der Waals surface area (Å²) in [7, 11) is 0. The van der Waals surface area contributed by atoms with Crippen molar-refractivity contribution >= 4 is 11.9 Å². The standard InChI is InChI=1S/C14H19F2N3O3/c1-2-22-12(20)9-10-5-3-4-7-18(10)13(21)11-6-8-19(17-11)14(15)16/h6,8,10,14H,2-5,7,9H2,1H3/t10-/m1/s1. The van der Waals surface area contributed by atoms with Gasteiger partial charge in [-0.05, 0) is 32.3 Å². The molecule has 0 aromatic carbocycles. The molecule has 0 saturated carbocycles. The van der Waals surface area contributed by atoms with Crippen molar-refractivity contribution in [2.24, 2.45) is 0 Å². The topological polar surface area (TPSA) is 64.4 Å². The molecule has 2 rings (SSSR count). The second-order valence-corrected chi connectivity index (χ2v) is 5.12. The molecule has 22 heavy (non-hydrogen) atoms. The van der Waals surface area contributed by atoms with E-state index < -0.39 is 12.5 Å². The zero-order valence-corrected chi connectivity index (χ0v) is 12.4. The smallest absolute Gasteiger partial charge is 0.333 e. The summed E-state index contributed by atoms with van der Waals surface area (Å²) in [5.74, 6) is -0.779. The minimum atomic E-state index is -2.78. The first kappa shape index (κ1) is 16.4. The van der Waals surface area contributed by atoms with Crippen LogP contribution in [-0.2, 0) is 9.53 Å². The molecule has 1 aromatic rings. The van der Waals surface area contributed by atoms with Gasteiger partial charge in [0.1, 0.15) is 0 Å². The predicted octanol–water partition coefficient (Wildman–Crippen LogP) is 2.23. The molecular weight excluding hydrogens is 296 g/mol. The van der Waals surface area contributed by atoms with Crippen molar-refractivity contribution in [2.75, 3.05) is 13.2 Å². The fourth-order valence-corrected chi connectivity index (χ4v) is 2.60. The number of hydrogen-bond donors (Lipinski definition) is 0. The molecule has 1 aromatic heterocycles. The SMILES string of the molecule is CCOC(=O)C[C@H]1CCCCN1C(=O)c1ccn(C(F)F)n1. The van der Waals surface area contributed by atoms with E-state index in [0.717, 1.165) is 19.0 Å². The molecular formula is C14H19F2N3O3. The molecule has 1 saturated heterocycles. The largest absolute Gasteiger partial charge is 0.466 e. The Hall–Kier alpha value is -1.99. The zero-order valence-electron chi connectivity index (χ0n) is 12.4. The van der Waals surface area contributed by atoms with Crippen molar-refractivity contribution in [1.82, 2.24) is 14.7 Å². The van der Waals surface area contributed by atoms with Crippen LogP contribution in [0.1, 0.15) is 49.6 Å². The summed E-state index contributed by atoms with van der Waals surface area (Å²) in [5.41, 5.74) is -0.0314. The first-order valence-corrected chi connectivity index (χ1v) is 7.32. The van der Waals surface area contributed by atoms with Crippen molar-refractivity contribution in [3.63, 3.8) is 0 Å². The molecule has 2 heterocycles. The van der Waals surface area contributed by atoms with Gasteiger partial charge < -0.3 is 9.64 Å². The number of amides is 1. The molecule has 0 spiro atoms. The highest BCUT2D eigenvalue weighted by atomic mass is 19.3. The second-order valence-electron chi connectivity index (χ2n) is 5.12. The Kier molecular flexibility index (Phi) is 5.46. The first-order chi connectivity index (χ1) is 10.5. The lowest BCUT2D eigenvalue weighted by molar-refractivity contribution is -0.144. The monoisotopic (exact) mass is 315 g/mol. The lowest BCUT2D eigenvalue weighted by Gasteiger charge is -2.34. The van der Waals surface area contributed by atoms with E-state index in [1.165, 1.54) is 6.07 Å². The molecule has 6 nitrogen and oxygen atoms in total. The average molecular weight is 315 g/mol. The molecule has 0 radical (unpaired) electrons. The molecule has 0 bridgehead atoms. The molecule has 1 atom stereocenters. The maximum Gasteiger partial charge on any atom is 0.333 e. The number of rotatable bonds is 5. The Morgan fingerprint density at radius 3 is 2.86 bits per heavy atom. The Labute approximate surface area is 127 Å². The average Bonchev–Trinajstić information content (AvgIpc) is 2.97. The Morgan fingerprint density at radius 2 is 2.23 bits per heavy atom. The van der Waals surface area contributed by atoms with Crippen LogP contribution >= 0.6 is 0 Å². The molecule has 1 aliphatic heterocycles. The van der Waals surface area contributed by atoms with Crippen LogP contribution in [0, 0.1) is 0 Å². The number of likely N-dealkylation sites (tertiary alicyclic amines) is 1. The summed E-state index contributed by atoms with van der Waals surface area (Å²) >= 11 is 0. The van der Waals surface area contributed by atoms with E-state index in [-0.39, 0.29) is 30.7 Å². The number of esters is 1. The van der Waals surface area contributed by atoms with E-state index in [4.69, 9.17) is 4.74 Å². The zero-order chi connectivity index (χ0) is 16.1. The van der Waals surface area contributed by atoms with Crippen molar-refractivity contribution < 1.29 is 23.1 Å². The van der Waals surface area contributed by atoms with Crippen LogP contribution in [0.5, 0.6) is 0 Å². The summed E-state index contributed by atoms with van der Waals surface area (Å²) in [6.07, 6.45) is 3.62. The Morgan fingerprint density at radius 1 is 1.45 bits per heavy atom. The predicted molar refractivity (Wildman–Crippen MR) is 73.4 cm³/mol. The summed E-state index contributed by atoms with van der Waals surface area (Å²) in [5, 5.41) is 3.59. The second kappa shape index (κ2) is 7.33. The van der Waals surface area contributed by atoms with Crippen LogP contribution in [0.15, 0.2) is 12.3 Å². The molecule has 1 fully saturated rings. The molecule has 0 unspecified atom stereocenters. The summed E-state index contributed by atoms with van der Waals surface area (Å²) < 4.78 is 30.4. The van der Waals surface area contributed by atoms with E-state index in [9.17, 15) is 18.4 Å². The molecule has 0 aliphatic carbocycles. The fourth-order valence-electron chi connectivity index (χ4n) is 2.60. The first-order valence-electron chi connectivity index (χ1n) is 7.32. The molecule has 1 amide bonds. The number of halogens is 2. The van der Waals surface area contributed by atoms with Gasteiger partial charge in [-0.1, -0.05) is 0 Å². The van der Waals surface area contributed by atoms with Crippen molar-refractivity contribution in [2.45, 2.75) is 45.2 Å². The van der Waals surface area contributed by atoms with Gasteiger partial charge in [-0.25, -0.2) is 4.68 Å².